The van der Waals surface area contributed by atoms with Crippen molar-refractivity contribution < 1.29 is 14.3 Å². The minimum absolute atomic E-state index is 0.207. The molecule has 1 aliphatic rings. The Morgan fingerprint density at radius 2 is 2.10 bits per heavy atom. The molecule has 1 saturated heterocycles. The van der Waals surface area contributed by atoms with Crippen molar-refractivity contribution in [3.63, 3.8) is 0 Å². The number of unbranched alkanes of at least 4 members (excludes halogenated alkanes) is 1. The first-order valence-electron chi connectivity index (χ1n) is 7.71. The summed E-state index contributed by atoms with van der Waals surface area (Å²) < 4.78 is 10.9. The van der Waals surface area contributed by atoms with Crippen LogP contribution in [0.25, 0.3) is 0 Å². The standard InChI is InChI=1S/C15H30N2O3/c1-5-6-10-19-11-8-16-13-7-9-17(12-13)14(18)20-15(2,3)4/h13,16H,5-12H2,1-4H3. The molecule has 118 valence electrons. The van der Waals surface area contributed by atoms with Gasteiger partial charge in [-0.2, -0.15) is 0 Å². The van der Waals surface area contributed by atoms with Gasteiger partial charge in [0.25, 0.3) is 0 Å². The molecule has 1 N–H and O–H groups in total. The summed E-state index contributed by atoms with van der Waals surface area (Å²) in [5, 5.41) is 3.43. The van der Waals surface area contributed by atoms with E-state index in [4.69, 9.17) is 9.47 Å². The van der Waals surface area contributed by atoms with Crippen LogP contribution in [-0.2, 0) is 9.47 Å². The smallest absolute Gasteiger partial charge is 0.410 e. The van der Waals surface area contributed by atoms with Gasteiger partial charge in [0, 0.05) is 32.3 Å². The molecule has 0 radical (unpaired) electrons. The Bertz CT molecular complexity index is 289. The van der Waals surface area contributed by atoms with E-state index in [-0.39, 0.29) is 6.09 Å². The quantitative estimate of drug-likeness (QED) is 0.730. The molecule has 1 aliphatic heterocycles. The van der Waals surface area contributed by atoms with E-state index < -0.39 is 5.60 Å². The lowest BCUT2D eigenvalue weighted by molar-refractivity contribution is 0.0290. The number of amides is 1. The van der Waals surface area contributed by atoms with Crippen molar-refractivity contribution in [3.05, 3.63) is 0 Å². The highest BCUT2D eigenvalue weighted by molar-refractivity contribution is 5.68. The number of carbonyl (C=O) groups is 1. The maximum Gasteiger partial charge on any atom is 0.410 e. The number of nitrogens with zero attached hydrogens (tertiary/aromatic N) is 1. The van der Waals surface area contributed by atoms with E-state index in [1.54, 1.807) is 4.90 Å². The zero-order valence-corrected chi connectivity index (χ0v) is 13.4. The van der Waals surface area contributed by atoms with Gasteiger partial charge in [-0.25, -0.2) is 4.79 Å². The molecule has 1 rings (SSSR count). The molecule has 1 heterocycles. The van der Waals surface area contributed by atoms with Crippen molar-refractivity contribution in [1.82, 2.24) is 10.2 Å². The molecule has 0 spiro atoms. The van der Waals surface area contributed by atoms with Gasteiger partial charge in [0.1, 0.15) is 5.60 Å². The number of ether oxygens (including phenoxy) is 2. The minimum Gasteiger partial charge on any atom is -0.444 e. The second-order valence-corrected chi connectivity index (χ2v) is 6.33. The highest BCUT2D eigenvalue weighted by atomic mass is 16.6. The van der Waals surface area contributed by atoms with Crippen molar-refractivity contribution in [2.75, 3.05) is 32.8 Å². The van der Waals surface area contributed by atoms with Crippen LogP contribution < -0.4 is 5.32 Å². The van der Waals surface area contributed by atoms with Crippen LogP contribution in [0.2, 0.25) is 0 Å². The molecular formula is C15H30N2O3. The van der Waals surface area contributed by atoms with E-state index >= 15 is 0 Å². The summed E-state index contributed by atoms with van der Waals surface area (Å²) in [5.41, 5.74) is -0.421. The van der Waals surface area contributed by atoms with Crippen molar-refractivity contribution in [2.24, 2.45) is 0 Å². The molecule has 0 aliphatic carbocycles. The van der Waals surface area contributed by atoms with E-state index in [2.05, 4.69) is 12.2 Å². The summed E-state index contributed by atoms with van der Waals surface area (Å²) in [6, 6.07) is 0.359. The SMILES string of the molecule is CCCCOCCNC1CCN(C(=O)OC(C)(C)C)C1. The molecule has 5 nitrogen and oxygen atoms in total. The molecule has 1 unspecified atom stereocenters. The summed E-state index contributed by atoms with van der Waals surface area (Å²) in [6.07, 6.45) is 3.06. The molecule has 0 bridgehead atoms. The Morgan fingerprint density at radius 3 is 2.75 bits per heavy atom. The lowest BCUT2D eigenvalue weighted by Crippen LogP contribution is -2.39. The van der Waals surface area contributed by atoms with Crippen molar-refractivity contribution in [3.8, 4) is 0 Å². The van der Waals surface area contributed by atoms with E-state index in [0.717, 1.165) is 45.7 Å². The summed E-state index contributed by atoms with van der Waals surface area (Å²) in [5.74, 6) is 0. The molecule has 1 fully saturated rings. The Labute approximate surface area is 123 Å². The van der Waals surface area contributed by atoms with Gasteiger partial charge in [-0.05, 0) is 33.6 Å². The molecule has 0 aromatic heterocycles. The zero-order chi connectivity index (χ0) is 15.0. The zero-order valence-electron chi connectivity index (χ0n) is 13.4. The second kappa shape index (κ2) is 8.47. The van der Waals surface area contributed by atoms with E-state index in [9.17, 15) is 4.79 Å². The Kier molecular flexibility index (Phi) is 7.30. The third-order valence-corrected chi connectivity index (χ3v) is 3.16. The van der Waals surface area contributed by atoms with Crippen LogP contribution >= 0.6 is 0 Å². The van der Waals surface area contributed by atoms with Gasteiger partial charge in [-0.3, -0.25) is 0 Å². The summed E-state index contributed by atoms with van der Waals surface area (Å²) >= 11 is 0. The molecule has 0 saturated carbocycles. The predicted molar refractivity (Wildman–Crippen MR) is 79.9 cm³/mol. The summed E-state index contributed by atoms with van der Waals surface area (Å²) in [6.45, 7) is 11.8. The molecule has 5 heteroatoms. The molecule has 1 amide bonds. The van der Waals surface area contributed by atoms with Crippen LogP contribution in [0.4, 0.5) is 4.79 Å². The Balaban J connectivity index is 2.12. The monoisotopic (exact) mass is 286 g/mol. The van der Waals surface area contributed by atoms with Gasteiger partial charge in [0.05, 0.1) is 6.61 Å². The average molecular weight is 286 g/mol. The first-order valence-corrected chi connectivity index (χ1v) is 7.71. The van der Waals surface area contributed by atoms with Gasteiger partial charge in [-0.15, -0.1) is 0 Å². The molecule has 0 aromatic rings. The van der Waals surface area contributed by atoms with Crippen LogP contribution in [0.15, 0.2) is 0 Å². The van der Waals surface area contributed by atoms with Crippen molar-refractivity contribution >= 4 is 6.09 Å². The summed E-state index contributed by atoms with van der Waals surface area (Å²) in [4.78, 5) is 13.7. The number of carbonyl (C=O) groups excluding carboxylic acids is 1. The Morgan fingerprint density at radius 1 is 1.35 bits per heavy atom. The van der Waals surface area contributed by atoms with Gasteiger partial charge in [-0.1, -0.05) is 13.3 Å². The van der Waals surface area contributed by atoms with E-state index in [1.807, 2.05) is 20.8 Å². The number of nitrogens with one attached hydrogen (secondary N) is 1. The fraction of sp³-hybridized carbons (Fsp3) is 0.933. The van der Waals surface area contributed by atoms with Crippen LogP contribution in [-0.4, -0.2) is 55.5 Å². The highest BCUT2D eigenvalue weighted by Gasteiger charge is 2.29. The van der Waals surface area contributed by atoms with Crippen LogP contribution in [0, 0.1) is 0 Å². The second-order valence-electron chi connectivity index (χ2n) is 6.33. The highest BCUT2D eigenvalue weighted by Crippen LogP contribution is 2.15. The average Bonchev–Trinajstić information content (AvgIpc) is 2.80. The normalized spacial score (nSPS) is 19.4. The van der Waals surface area contributed by atoms with Gasteiger partial charge < -0.3 is 19.7 Å². The first kappa shape index (κ1) is 17.2. The Hall–Kier alpha value is -0.810. The van der Waals surface area contributed by atoms with Gasteiger partial charge in [0.2, 0.25) is 0 Å². The maximum absolute atomic E-state index is 11.9. The van der Waals surface area contributed by atoms with E-state index in [0.29, 0.717) is 6.04 Å². The van der Waals surface area contributed by atoms with Crippen molar-refractivity contribution in [1.29, 1.82) is 0 Å². The van der Waals surface area contributed by atoms with Gasteiger partial charge in [0.15, 0.2) is 0 Å². The number of likely N-dealkylation sites (tertiary alicyclic amines) is 1. The van der Waals surface area contributed by atoms with Gasteiger partial charge >= 0.3 is 6.09 Å². The largest absolute Gasteiger partial charge is 0.444 e. The van der Waals surface area contributed by atoms with Crippen molar-refractivity contribution in [2.45, 2.75) is 58.6 Å². The van der Waals surface area contributed by atoms with Crippen LogP contribution in [0.1, 0.15) is 47.0 Å². The van der Waals surface area contributed by atoms with E-state index in [1.165, 1.54) is 6.42 Å². The molecular weight excluding hydrogens is 256 g/mol. The number of hydrogen-bond acceptors (Lipinski definition) is 4. The minimum atomic E-state index is -0.421. The predicted octanol–water partition coefficient (Wildman–Crippen LogP) is 2.40. The topological polar surface area (TPSA) is 50.8 Å². The lowest BCUT2D eigenvalue weighted by atomic mass is 10.2. The molecule has 20 heavy (non-hydrogen) atoms. The third kappa shape index (κ3) is 7.10. The molecule has 1 atom stereocenters. The fourth-order valence-corrected chi connectivity index (χ4v) is 2.10. The fourth-order valence-electron chi connectivity index (χ4n) is 2.10. The third-order valence-electron chi connectivity index (χ3n) is 3.16. The van der Waals surface area contributed by atoms with Crippen LogP contribution in [0.5, 0.6) is 0 Å². The molecule has 0 aromatic carbocycles. The maximum atomic E-state index is 11.9. The van der Waals surface area contributed by atoms with Crippen LogP contribution in [0.3, 0.4) is 0 Å². The number of rotatable bonds is 7. The lowest BCUT2D eigenvalue weighted by Gasteiger charge is -2.24. The number of hydrogen-bond donors (Lipinski definition) is 1. The first-order chi connectivity index (χ1) is 9.42. The summed E-state index contributed by atoms with van der Waals surface area (Å²) in [7, 11) is 0.